The van der Waals surface area contributed by atoms with E-state index in [0.717, 1.165) is 7.11 Å². The highest BCUT2D eigenvalue weighted by atomic mass is 35.5. The van der Waals surface area contributed by atoms with Crippen molar-refractivity contribution < 1.29 is 27.1 Å². The number of hydrogen-bond acceptors (Lipinski definition) is 2. The van der Waals surface area contributed by atoms with Crippen LogP contribution in [0, 0.1) is 34.6 Å². The number of halogens is 6. The van der Waals surface area contributed by atoms with E-state index < -0.39 is 51.5 Å². The number of rotatable bonds is 3. The third-order valence-electron chi connectivity index (χ3n) is 4.74. The molecule has 0 radical (unpaired) electrons. The summed E-state index contributed by atoms with van der Waals surface area (Å²) in [4.78, 5) is 12.3. The molecule has 1 aromatic rings. The van der Waals surface area contributed by atoms with Gasteiger partial charge in [-0.3, -0.25) is 4.79 Å². The molecule has 1 aliphatic carbocycles. The van der Waals surface area contributed by atoms with Gasteiger partial charge in [-0.1, -0.05) is 37.0 Å². The minimum absolute atomic E-state index is 0.0773. The fourth-order valence-electron chi connectivity index (χ4n) is 3.40. The van der Waals surface area contributed by atoms with Crippen LogP contribution in [0.5, 0.6) is 0 Å². The third-order valence-corrected chi connectivity index (χ3v) is 4.96. The molecule has 0 aliphatic heterocycles. The standard InChI is InChI=1S/C15H12Cl2F4O2/c1-6-14(2,5-9(16)17)15(6,13(22)23-3)10-11(20)7(18)4-8(19)12(10)21/h4-6H,1-3H3. The van der Waals surface area contributed by atoms with Crippen LogP contribution < -0.4 is 0 Å². The van der Waals surface area contributed by atoms with Gasteiger partial charge in [-0.2, -0.15) is 0 Å². The second-order valence-corrected chi connectivity index (χ2v) is 6.59. The Kier molecular flexibility index (Phi) is 4.45. The highest BCUT2D eigenvalue weighted by Gasteiger charge is 2.78. The lowest BCUT2D eigenvalue weighted by molar-refractivity contribution is -0.145. The zero-order chi connectivity index (χ0) is 17.7. The van der Waals surface area contributed by atoms with Crippen LogP contribution in [0.1, 0.15) is 19.4 Å². The second kappa shape index (κ2) is 5.67. The highest BCUT2D eigenvalue weighted by Crippen LogP contribution is 2.72. The molecule has 3 atom stereocenters. The summed E-state index contributed by atoms with van der Waals surface area (Å²) in [5.41, 5.74) is -4.28. The fraction of sp³-hybridized carbons (Fsp3) is 0.400. The molecule has 2 rings (SSSR count). The van der Waals surface area contributed by atoms with Crippen LogP contribution in [-0.2, 0) is 14.9 Å². The normalized spacial score (nSPS) is 29.2. The van der Waals surface area contributed by atoms with Crippen molar-refractivity contribution in [3.05, 3.63) is 45.5 Å². The Hall–Kier alpha value is -1.27. The van der Waals surface area contributed by atoms with Gasteiger partial charge in [-0.15, -0.1) is 0 Å². The van der Waals surface area contributed by atoms with Crippen LogP contribution in [0.25, 0.3) is 0 Å². The summed E-state index contributed by atoms with van der Waals surface area (Å²) >= 11 is 11.2. The first-order chi connectivity index (χ1) is 10.6. The van der Waals surface area contributed by atoms with E-state index in [0.29, 0.717) is 0 Å². The van der Waals surface area contributed by atoms with E-state index in [-0.39, 0.29) is 10.6 Å². The second-order valence-electron chi connectivity index (χ2n) is 5.58. The van der Waals surface area contributed by atoms with Crippen LogP contribution in [0.2, 0.25) is 0 Å². The van der Waals surface area contributed by atoms with Gasteiger partial charge in [0.2, 0.25) is 0 Å². The van der Waals surface area contributed by atoms with Crippen LogP contribution in [0.15, 0.2) is 16.6 Å². The molecule has 0 amide bonds. The molecule has 0 heterocycles. The van der Waals surface area contributed by atoms with Gasteiger partial charge in [0.1, 0.15) is 9.91 Å². The van der Waals surface area contributed by atoms with E-state index in [1.807, 2.05) is 0 Å². The van der Waals surface area contributed by atoms with Crippen LogP contribution in [0.4, 0.5) is 17.6 Å². The Morgan fingerprint density at radius 2 is 1.70 bits per heavy atom. The van der Waals surface area contributed by atoms with E-state index in [1.54, 1.807) is 0 Å². The number of hydrogen-bond donors (Lipinski definition) is 0. The number of carbonyl (C=O) groups excluding carboxylic acids is 1. The molecular formula is C15H12Cl2F4O2. The maximum Gasteiger partial charge on any atom is 0.317 e. The van der Waals surface area contributed by atoms with Gasteiger partial charge in [0.05, 0.1) is 7.11 Å². The SMILES string of the molecule is COC(=O)C1(c2c(F)c(F)cc(F)c2F)C(C)C1(C)C=C(Cl)Cl. The molecule has 0 bridgehead atoms. The summed E-state index contributed by atoms with van der Waals surface area (Å²) in [6, 6.07) is 0.0773. The molecular weight excluding hydrogens is 359 g/mol. The maximum atomic E-state index is 14.3. The first-order valence-electron chi connectivity index (χ1n) is 6.51. The summed E-state index contributed by atoms with van der Waals surface area (Å²) < 4.78 is 60.1. The van der Waals surface area contributed by atoms with Gasteiger partial charge >= 0.3 is 5.97 Å². The molecule has 1 aliphatic rings. The van der Waals surface area contributed by atoms with Gasteiger partial charge in [0.15, 0.2) is 23.3 Å². The van der Waals surface area contributed by atoms with Gasteiger partial charge in [-0.25, -0.2) is 17.6 Å². The quantitative estimate of drug-likeness (QED) is 0.440. The Labute approximate surface area is 140 Å². The van der Waals surface area contributed by atoms with Crippen LogP contribution >= 0.6 is 23.2 Å². The molecule has 126 valence electrons. The lowest BCUT2D eigenvalue weighted by Gasteiger charge is -2.21. The predicted octanol–water partition coefficient (Wildman–Crippen LogP) is 4.63. The number of methoxy groups -OCH3 is 1. The topological polar surface area (TPSA) is 26.3 Å². The first kappa shape index (κ1) is 18.1. The Morgan fingerprint density at radius 1 is 1.22 bits per heavy atom. The molecule has 1 saturated carbocycles. The van der Waals surface area contributed by atoms with Crippen molar-refractivity contribution >= 4 is 29.2 Å². The lowest BCUT2D eigenvalue weighted by Crippen LogP contribution is -2.31. The summed E-state index contributed by atoms with van der Waals surface area (Å²) in [5.74, 6) is -8.32. The molecule has 23 heavy (non-hydrogen) atoms. The van der Waals surface area contributed by atoms with Gasteiger partial charge in [-0.05, 0) is 12.0 Å². The Balaban J connectivity index is 2.85. The number of benzene rings is 1. The molecule has 1 fully saturated rings. The van der Waals surface area contributed by atoms with E-state index in [4.69, 9.17) is 23.2 Å². The van der Waals surface area contributed by atoms with Gasteiger partial charge < -0.3 is 4.74 Å². The third kappa shape index (κ3) is 2.26. The zero-order valence-electron chi connectivity index (χ0n) is 12.3. The van der Waals surface area contributed by atoms with E-state index in [9.17, 15) is 22.4 Å². The van der Waals surface area contributed by atoms with E-state index in [2.05, 4.69) is 4.74 Å². The molecule has 8 heteroatoms. The predicted molar refractivity (Wildman–Crippen MR) is 77.0 cm³/mol. The van der Waals surface area contributed by atoms with Crippen molar-refractivity contribution in [2.45, 2.75) is 19.3 Å². The van der Waals surface area contributed by atoms with Crippen molar-refractivity contribution in [1.29, 1.82) is 0 Å². The lowest BCUT2D eigenvalue weighted by atomic mass is 9.85. The van der Waals surface area contributed by atoms with Crippen molar-refractivity contribution in [2.24, 2.45) is 11.3 Å². The number of esters is 1. The number of ether oxygens (including phenoxy) is 1. The summed E-state index contributed by atoms with van der Waals surface area (Å²) in [7, 11) is 1.01. The molecule has 2 nitrogen and oxygen atoms in total. The fourth-order valence-corrected chi connectivity index (χ4v) is 3.85. The maximum absolute atomic E-state index is 14.3. The molecule has 0 saturated heterocycles. The van der Waals surface area contributed by atoms with Crippen molar-refractivity contribution in [3.63, 3.8) is 0 Å². The van der Waals surface area contributed by atoms with Gasteiger partial charge in [0.25, 0.3) is 0 Å². The number of allylic oxidation sites excluding steroid dienone is 1. The monoisotopic (exact) mass is 370 g/mol. The first-order valence-corrected chi connectivity index (χ1v) is 7.27. The minimum atomic E-state index is -1.98. The van der Waals surface area contributed by atoms with Crippen molar-refractivity contribution in [1.82, 2.24) is 0 Å². The summed E-state index contributed by atoms with van der Waals surface area (Å²) in [6.07, 6.45) is 1.21. The molecule has 0 aromatic heterocycles. The average molecular weight is 371 g/mol. The zero-order valence-corrected chi connectivity index (χ0v) is 13.8. The van der Waals surface area contributed by atoms with Gasteiger partial charge in [0, 0.05) is 17.0 Å². The van der Waals surface area contributed by atoms with Crippen molar-refractivity contribution in [3.8, 4) is 0 Å². The molecule has 0 spiro atoms. The van der Waals surface area contributed by atoms with E-state index in [1.165, 1.54) is 19.9 Å². The van der Waals surface area contributed by atoms with E-state index >= 15 is 0 Å². The van der Waals surface area contributed by atoms with Crippen LogP contribution in [0.3, 0.4) is 0 Å². The summed E-state index contributed by atoms with van der Waals surface area (Å²) in [6.45, 7) is 2.92. The summed E-state index contributed by atoms with van der Waals surface area (Å²) in [5, 5.41) is 0. The van der Waals surface area contributed by atoms with Crippen molar-refractivity contribution in [2.75, 3.05) is 7.11 Å². The molecule has 3 unspecified atom stereocenters. The molecule has 0 N–H and O–H groups in total. The minimum Gasteiger partial charge on any atom is -0.468 e. The number of carbonyl (C=O) groups is 1. The molecule has 1 aromatic carbocycles. The largest absolute Gasteiger partial charge is 0.468 e. The van der Waals surface area contributed by atoms with Crippen LogP contribution in [-0.4, -0.2) is 13.1 Å². The average Bonchev–Trinajstić information content (AvgIpc) is 2.92. The Morgan fingerprint density at radius 3 is 2.09 bits per heavy atom. The highest BCUT2D eigenvalue weighted by molar-refractivity contribution is 6.55. The Bertz CT molecular complexity index is 692. The smallest absolute Gasteiger partial charge is 0.317 e.